The Hall–Kier alpha value is -1.71. The van der Waals surface area contributed by atoms with Gasteiger partial charge in [-0.3, -0.25) is 0 Å². The van der Waals surface area contributed by atoms with E-state index in [9.17, 15) is 0 Å². The lowest BCUT2D eigenvalue weighted by atomic mass is 10.2. The van der Waals surface area contributed by atoms with Crippen LogP contribution in [0.4, 0.5) is 0 Å². The lowest BCUT2D eigenvalue weighted by Gasteiger charge is -2.12. The molecular formula is C13H19NO3. The molecule has 0 amide bonds. The molecular weight excluding hydrogens is 218 g/mol. The Balaban J connectivity index is 2.73. The first-order chi connectivity index (χ1) is 8.33. The Morgan fingerprint density at radius 2 is 2.18 bits per heavy atom. The molecule has 0 radical (unpaired) electrons. The van der Waals surface area contributed by atoms with Gasteiger partial charge in [0.15, 0.2) is 11.5 Å². The molecule has 0 spiro atoms. The zero-order valence-electron chi connectivity index (χ0n) is 10.3. The van der Waals surface area contributed by atoms with Crippen LogP contribution in [0.2, 0.25) is 0 Å². The zero-order chi connectivity index (χ0) is 12.5. The van der Waals surface area contributed by atoms with Crippen molar-refractivity contribution in [3.63, 3.8) is 0 Å². The lowest BCUT2D eigenvalue weighted by Crippen LogP contribution is -2.01. The molecule has 0 saturated carbocycles. The Labute approximate surface area is 102 Å². The summed E-state index contributed by atoms with van der Waals surface area (Å²) in [7, 11) is 1.57. The Morgan fingerprint density at radius 3 is 2.82 bits per heavy atom. The molecule has 94 valence electrons. The van der Waals surface area contributed by atoms with E-state index in [1.807, 2.05) is 12.1 Å². The number of nitrogens with zero attached hydrogens (tertiary/aromatic N) is 1. The SMILES string of the molecule is CCCCCOc1cccc(/C=N/O)c1OC. The third kappa shape index (κ3) is 3.98. The summed E-state index contributed by atoms with van der Waals surface area (Å²) in [5, 5.41) is 11.6. The summed E-state index contributed by atoms with van der Waals surface area (Å²) in [4.78, 5) is 0. The maximum Gasteiger partial charge on any atom is 0.169 e. The van der Waals surface area contributed by atoms with Crippen molar-refractivity contribution >= 4 is 6.21 Å². The second kappa shape index (κ2) is 7.54. The van der Waals surface area contributed by atoms with Gasteiger partial charge in [0.05, 0.1) is 19.9 Å². The highest BCUT2D eigenvalue weighted by atomic mass is 16.5. The fraction of sp³-hybridized carbons (Fsp3) is 0.462. The lowest BCUT2D eigenvalue weighted by molar-refractivity contribution is 0.285. The second-order valence-corrected chi connectivity index (χ2v) is 3.68. The Kier molecular flexibility index (Phi) is 5.93. The van der Waals surface area contributed by atoms with Gasteiger partial charge >= 0.3 is 0 Å². The number of rotatable bonds is 7. The highest BCUT2D eigenvalue weighted by Gasteiger charge is 2.08. The van der Waals surface area contributed by atoms with Crippen LogP contribution >= 0.6 is 0 Å². The van der Waals surface area contributed by atoms with Gasteiger partial charge in [-0.1, -0.05) is 31.0 Å². The highest BCUT2D eigenvalue weighted by molar-refractivity contribution is 5.84. The van der Waals surface area contributed by atoms with Crippen LogP contribution in [0.15, 0.2) is 23.4 Å². The molecule has 17 heavy (non-hydrogen) atoms. The maximum absolute atomic E-state index is 8.55. The summed E-state index contributed by atoms with van der Waals surface area (Å²) in [6, 6.07) is 5.49. The van der Waals surface area contributed by atoms with Crippen molar-refractivity contribution < 1.29 is 14.7 Å². The van der Waals surface area contributed by atoms with E-state index in [0.29, 0.717) is 23.7 Å². The van der Waals surface area contributed by atoms with Crippen LogP contribution in [0.25, 0.3) is 0 Å². The minimum Gasteiger partial charge on any atom is -0.492 e. The first-order valence-electron chi connectivity index (χ1n) is 5.80. The molecule has 4 nitrogen and oxygen atoms in total. The molecule has 4 heteroatoms. The van der Waals surface area contributed by atoms with E-state index in [2.05, 4.69) is 12.1 Å². The number of ether oxygens (including phenoxy) is 2. The largest absolute Gasteiger partial charge is 0.492 e. The van der Waals surface area contributed by atoms with E-state index in [1.165, 1.54) is 6.21 Å². The van der Waals surface area contributed by atoms with E-state index in [-0.39, 0.29) is 0 Å². The molecule has 0 aromatic heterocycles. The van der Waals surface area contributed by atoms with Gasteiger partial charge in [-0.2, -0.15) is 0 Å². The van der Waals surface area contributed by atoms with Crippen LogP contribution < -0.4 is 9.47 Å². The van der Waals surface area contributed by atoms with E-state index < -0.39 is 0 Å². The van der Waals surface area contributed by atoms with Gasteiger partial charge in [0, 0.05) is 5.56 Å². The van der Waals surface area contributed by atoms with Gasteiger partial charge < -0.3 is 14.7 Å². The molecule has 1 aromatic carbocycles. The number of hydrogen-bond acceptors (Lipinski definition) is 4. The average Bonchev–Trinajstić information content (AvgIpc) is 2.35. The normalized spacial score (nSPS) is 10.7. The zero-order valence-corrected chi connectivity index (χ0v) is 10.3. The Bertz CT molecular complexity index is 364. The van der Waals surface area contributed by atoms with Gasteiger partial charge in [0.25, 0.3) is 0 Å². The number of methoxy groups -OCH3 is 1. The molecule has 0 aliphatic carbocycles. The summed E-state index contributed by atoms with van der Waals surface area (Å²) in [6.45, 7) is 2.82. The van der Waals surface area contributed by atoms with Gasteiger partial charge in [0.1, 0.15) is 0 Å². The standard InChI is InChI=1S/C13H19NO3/c1-3-4-5-9-17-12-8-6-7-11(10-14-15)13(12)16-2/h6-8,10,15H,3-5,9H2,1-2H3/b14-10+. The van der Waals surface area contributed by atoms with Crippen LogP contribution in [0.5, 0.6) is 11.5 Å². The number of para-hydroxylation sites is 1. The monoisotopic (exact) mass is 237 g/mol. The van der Waals surface area contributed by atoms with Crippen LogP contribution in [0, 0.1) is 0 Å². The van der Waals surface area contributed by atoms with E-state index in [1.54, 1.807) is 13.2 Å². The molecule has 0 aliphatic rings. The quantitative estimate of drug-likeness (QED) is 0.343. The topological polar surface area (TPSA) is 51.0 Å². The third-order valence-corrected chi connectivity index (χ3v) is 2.42. The van der Waals surface area contributed by atoms with Crippen molar-refractivity contribution in [3.05, 3.63) is 23.8 Å². The molecule has 0 heterocycles. The summed E-state index contributed by atoms with van der Waals surface area (Å²) >= 11 is 0. The van der Waals surface area contributed by atoms with Crippen LogP contribution in [0.3, 0.4) is 0 Å². The van der Waals surface area contributed by atoms with Gasteiger partial charge in [-0.05, 0) is 18.6 Å². The van der Waals surface area contributed by atoms with Gasteiger partial charge in [0.2, 0.25) is 0 Å². The molecule has 0 fully saturated rings. The maximum atomic E-state index is 8.55. The van der Waals surface area contributed by atoms with Crippen molar-refractivity contribution in [1.29, 1.82) is 0 Å². The second-order valence-electron chi connectivity index (χ2n) is 3.68. The van der Waals surface area contributed by atoms with Crippen molar-refractivity contribution in [1.82, 2.24) is 0 Å². The molecule has 1 N–H and O–H groups in total. The molecule has 1 rings (SSSR count). The molecule has 0 atom stereocenters. The summed E-state index contributed by atoms with van der Waals surface area (Å²) in [5.41, 5.74) is 0.697. The smallest absolute Gasteiger partial charge is 0.169 e. The number of unbranched alkanes of at least 4 members (excludes halogenated alkanes) is 2. The fourth-order valence-electron chi connectivity index (χ4n) is 1.56. The average molecular weight is 237 g/mol. The van der Waals surface area contributed by atoms with E-state index in [0.717, 1.165) is 19.3 Å². The van der Waals surface area contributed by atoms with Crippen LogP contribution in [-0.2, 0) is 0 Å². The fourth-order valence-corrected chi connectivity index (χ4v) is 1.56. The predicted molar refractivity (Wildman–Crippen MR) is 67.4 cm³/mol. The summed E-state index contributed by atoms with van der Waals surface area (Å²) in [6.07, 6.45) is 4.67. The molecule has 0 saturated heterocycles. The highest BCUT2D eigenvalue weighted by Crippen LogP contribution is 2.30. The van der Waals surface area contributed by atoms with E-state index >= 15 is 0 Å². The van der Waals surface area contributed by atoms with Gasteiger partial charge in [-0.25, -0.2) is 0 Å². The predicted octanol–water partition coefficient (Wildman–Crippen LogP) is 3.07. The van der Waals surface area contributed by atoms with Crippen molar-refractivity contribution in [3.8, 4) is 11.5 Å². The molecule has 0 bridgehead atoms. The number of oxime groups is 1. The van der Waals surface area contributed by atoms with Gasteiger partial charge in [-0.15, -0.1) is 0 Å². The van der Waals surface area contributed by atoms with E-state index in [4.69, 9.17) is 14.7 Å². The molecule has 0 unspecified atom stereocenters. The molecule has 1 aromatic rings. The Morgan fingerprint density at radius 1 is 1.35 bits per heavy atom. The third-order valence-electron chi connectivity index (χ3n) is 2.42. The van der Waals surface area contributed by atoms with Crippen molar-refractivity contribution in [2.24, 2.45) is 5.16 Å². The minimum absolute atomic E-state index is 0.599. The first-order valence-corrected chi connectivity index (χ1v) is 5.80. The van der Waals surface area contributed by atoms with Crippen molar-refractivity contribution in [2.75, 3.05) is 13.7 Å². The molecule has 0 aliphatic heterocycles. The summed E-state index contributed by atoms with van der Waals surface area (Å²) in [5.74, 6) is 1.28. The van der Waals surface area contributed by atoms with Crippen LogP contribution in [0.1, 0.15) is 31.7 Å². The minimum atomic E-state index is 0.599. The van der Waals surface area contributed by atoms with Crippen LogP contribution in [-0.4, -0.2) is 25.1 Å². The van der Waals surface area contributed by atoms with Crippen molar-refractivity contribution in [2.45, 2.75) is 26.2 Å². The summed E-state index contributed by atoms with van der Waals surface area (Å²) < 4.78 is 10.9. The first kappa shape index (κ1) is 13.4. The number of hydrogen-bond donors (Lipinski definition) is 1. The number of benzene rings is 1.